The normalized spacial score (nSPS) is 22.2. The summed E-state index contributed by atoms with van der Waals surface area (Å²) in [5.41, 5.74) is 0.567. The van der Waals surface area contributed by atoms with Crippen molar-refractivity contribution in [3.05, 3.63) is 53.8 Å². The third kappa shape index (κ3) is 4.33. The van der Waals surface area contributed by atoms with E-state index in [1.807, 2.05) is 6.92 Å². The van der Waals surface area contributed by atoms with Gasteiger partial charge in [-0.25, -0.2) is 4.57 Å². The van der Waals surface area contributed by atoms with Crippen molar-refractivity contribution in [2.24, 2.45) is 10.7 Å². The number of aliphatic hydroxyl groups excluding tert-OH is 2. The van der Waals surface area contributed by atoms with Gasteiger partial charge < -0.3 is 25.1 Å². The van der Waals surface area contributed by atoms with E-state index in [0.717, 1.165) is 0 Å². The summed E-state index contributed by atoms with van der Waals surface area (Å²) in [6, 6.07) is 6.39. The zero-order valence-electron chi connectivity index (χ0n) is 13.0. The Kier molecular flexibility index (Phi) is 5.62. The summed E-state index contributed by atoms with van der Waals surface area (Å²) in [6.45, 7) is 1.83. The molecule has 3 atom stereocenters. The summed E-state index contributed by atoms with van der Waals surface area (Å²) >= 11 is 0. The van der Waals surface area contributed by atoms with Crippen molar-refractivity contribution in [1.82, 2.24) is 0 Å². The molecule has 0 fully saturated rings. The van der Waals surface area contributed by atoms with Gasteiger partial charge in [-0.1, -0.05) is 25.1 Å². The van der Waals surface area contributed by atoms with Gasteiger partial charge in [0.25, 0.3) is 0 Å². The van der Waals surface area contributed by atoms with Gasteiger partial charge >= 0.3 is 7.75 Å². The van der Waals surface area contributed by atoms with E-state index in [0.29, 0.717) is 12.0 Å². The van der Waals surface area contributed by atoms with Crippen LogP contribution in [0.25, 0.3) is 0 Å². The highest BCUT2D eigenvalue weighted by Crippen LogP contribution is 2.40. The van der Waals surface area contributed by atoms with Crippen molar-refractivity contribution in [3.8, 4) is 5.75 Å². The average molecular weight is 353 g/mol. The molecular weight excluding hydrogens is 333 g/mol. The largest absolute Gasteiger partial charge is 0.512 e. The molecule has 0 saturated heterocycles. The minimum Gasteiger partial charge on any atom is -0.512 e. The van der Waals surface area contributed by atoms with Gasteiger partial charge in [-0.3, -0.25) is 0 Å². The minimum absolute atomic E-state index is 0.0468. The van der Waals surface area contributed by atoms with E-state index in [1.54, 1.807) is 12.1 Å². The first-order valence-electron chi connectivity index (χ1n) is 7.43. The third-order valence-corrected chi connectivity index (χ3v) is 4.40. The van der Waals surface area contributed by atoms with Crippen LogP contribution in [0.1, 0.15) is 24.8 Å². The van der Waals surface area contributed by atoms with Crippen LogP contribution in [-0.2, 0) is 4.57 Å². The van der Waals surface area contributed by atoms with Gasteiger partial charge in [0.05, 0.1) is 17.7 Å². The van der Waals surface area contributed by atoms with Crippen LogP contribution in [0.5, 0.6) is 5.75 Å². The number of nitrogens with zero attached hydrogens (tertiary/aromatic N) is 1. The molecule has 3 unspecified atom stereocenters. The highest BCUT2D eigenvalue weighted by molar-refractivity contribution is 7.50. The summed E-state index contributed by atoms with van der Waals surface area (Å²) in [4.78, 5) is 18.2. The van der Waals surface area contributed by atoms with Crippen LogP contribution in [0, 0.1) is 5.92 Å². The van der Waals surface area contributed by atoms with Gasteiger partial charge in [-0.2, -0.15) is 4.76 Å². The second-order valence-corrected chi connectivity index (χ2v) is 6.79. The summed E-state index contributed by atoms with van der Waals surface area (Å²) in [5, 5.41) is 30.5. The zero-order chi connectivity index (χ0) is 17.9. The molecule has 7 nitrogen and oxygen atoms in total. The molecule has 0 aliphatic heterocycles. The van der Waals surface area contributed by atoms with Gasteiger partial charge in [-0.15, -0.1) is 0 Å². The Morgan fingerprint density at radius 2 is 2.00 bits per heavy atom. The predicted molar refractivity (Wildman–Crippen MR) is 90.0 cm³/mol. The van der Waals surface area contributed by atoms with Gasteiger partial charge in [0.1, 0.15) is 11.5 Å². The molecule has 1 aliphatic rings. The molecule has 0 spiro atoms. The SMILES string of the molecule is CCC(c1cccc(O)c1)C(O)C1C(O)=CC=C/C1=N\P(=O)(O)O. The lowest BCUT2D eigenvalue weighted by molar-refractivity contribution is 0.101. The fraction of sp³-hybridized carbons (Fsp3) is 0.312. The Hall–Kier alpha value is -1.92. The van der Waals surface area contributed by atoms with Crippen LogP contribution in [-0.4, -0.2) is 36.9 Å². The van der Waals surface area contributed by atoms with Crippen molar-refractivity contribution in [1.29, 1.82) is 0 Å². The number of hydrogen-bond donors (Lipinski definition) is 5. The van der Waals surface area contributed by atoms with Crippen molar-refractivity contribution in [3.63, 3.8) is 0 Å². The number of aromatic hydroxyl groups is 1. The Morgan fingerprint density at radius 1 is 1.29 bits per heavy atom. The maximum absolute atomic E-state index is 11.2. The maximum atomic E-state index is 11.2. The molecule has 24 heavy (non-hydrogen) atoms. The highest BCUT2D eigenvalue weighted by Gasteiger charge is 2.35. The van der Waals surface area contributed by atoms with Crippen molar-refractivity contribution < 1.29 is 29.7 Å². The van der Waals surface area contributed by atoms with E-state index >= 15 is 0 Å². The number of phenols is 1. The first-order chi connectivity index (χ1) is 11.2. The summed E-state index contributed by atoms with van der Waals surface area (Å²) < 4.78 is 14.5. The van der Waals surface area contributed by atoms with Crippen LogP contribution in [0.4, 0.5) is 0 Å². The lowest BCUT2D eigenvalue weighted by Gasteiger charge is -2.30. The molecular formula is C16H20NO6P. The number of allylic oxidation sites excluding steroid dienone is 3. The van der Waals surface area contributed by atoms with Crippen molar-refractivity contribution in [2.75, 3.05) is 0 Å². The Morgan fingerprint density at radius 3 is 2.58 bits per heavy atom. The lowest BCUT2D eigenvalue weighted by atomic mass is 9.79. The monoisotopic (exact) mass is 353 g/mol. The van der Waals surface area contributed by atoms with E-state index < -0.39 is 25.7 Å². The minimum atomic E-state index is -4.71. The second kappa shape index (κ2) is 7.32. The molecule has 1 aromatic carbocycles. The highest BCUT2D eigenvalue weighted by atomic mass is 31.2. The Balaban J connectivity index is 2.41. The second-order valence-electron chi connectivity index (χ2n) is 5.57. The summed E-state index contributed by atoms with van der Waals surface area (Å²) in [5.74, 6) is -1.71. The van der Waals surface area contributed by atoms with E-state index in [1.165, 1.54) is 30.4 Å². The molecule has 0 heterocycles. The number of rotatable bonds is 5. The molecule has 1 aromatic rings. The molecule has 0 aromatic heterocycles. The maximum Gasteiger partial charge on any atom is 0.448 e. The fourth-order valence-electron chi connectivity index (χ4n) is 2.86. The van der Waals surface area contributed by atoms with Crippen molar-refractivity contribution >= 4 is 13.5 Å². The van der Waals surface area contributed by atoms with E-state index in [4.69, 9.17) is 9.79 Å². The summed E-state index contributed by atoms with van der Waals surface area (Å²) in [7, 11) is -4.71. The molecule has 0 amide bonds. The number of aliphatic hydroxyl groups is 2. The fourth-order valence-corrected chi connectivity index (χ4v) is 3.35. The average Bonchev–Trinajstić information content (AvgIpc) is 2.46. The van der Waals surface area contributed by atoms with Gasteiger partial charge in [0.15, 0.2) is 0 Å². The number of phenolic OH excluding ortho intramolecular Hbond substituents is 1. The van der Waals surface area contributed by atoms with Crippen LogP contribution in [0.15, 0.2) is 53.0 Å². The van der Waals surface area contributed by atoms with Crippen LogP contribution in [0.3, 0.4) is 0 Å². The molecule has 5 N–H and O–H groups in total. The Labute approximate surface area is 139 Å². The molecule has 130 valence electrons. The van der Waals surface area contributed by atoms with Crippen molar-refractivity contribution in [2.45, 2.75) is 25.4 Å². The standard InChI is InChI=1S/C16H20NO6P/c1-2-12(10-5-3-6-11(18)9-10)16(20)15-13(17-24(21,22)23)7-4-8-14(15)19/h3-9,12,15-16,18-20H,2H2,1H3,(H2,21,22,23)/b17-13+. The molecule has 2 rings (SSSR count). The topological polar surface area (TPSA) is 131 Å². The zero-order valence-corrected chi connectivity index (χ0v) is 13.9. The van der Waals surface area contributed by atoms with Gasteiger partial charge in [-0.05, 0) is 36.3 Å². The van der Waals surface area contributed by atoms with Gasteiger partial charge in [0, 0.05) is 5.92 Å². The van der Waals surface area contributed by atoms with Gasteiger partial charge in [0.2, 0.25) is 0 Å². The molecule has 1 aliphatic carbocycles. The van der Waals surface area contributed by atoms with Crippen LogP contribution < -0.4 is 0 Å². The van der Waals surface area contributed by atoms with E-state index in [2.05, 4.69) is 4.76 Å². The predicted octanol–water partition coefficient (Wildman–Crippen LogP) is 2.41. The molecule has 0 bridgehead atoms. The number of benzene rings is 1. The molecule has 0 saturated carbocycles. The summed E-state index contributed by atoms with van der Waals surface area (Å²) in [6.07, 6.45) is 3.41. The molecule has 8 heteroatoms. The quantitative estimate of drug-likeness (QED) is 0.517. The first-order valence-corrected chi connectivity index (χ1v) is 8.99. The number of hydrogen-bond acceptors (Lipinski definition) is 4. The van der Waals surface area contributed by atoms with Crippen LogP contribution >= 0.6 is 7.75 Å². The van der Waals surface area contributed by atoms with E-state index in [9.17, 15) is 19.9 Å². The smallest absolute Gasteiger partial charge is 0.448 e. The lowest BCUT2D eigenvalue weighted by Crippen LogP contribution is -2.35. The van der Waals surface area contributed by atoms with E-state index in [-0.39, 0.29) is 17.2 Å². The first kappa shape index (κ1) is 18.4. The third-order valence-electron chi connectivity index (χ3n) is 3.91. The Bertz CT molecular complexity index is 736. The molecule has 0 radical (unpaired) electrons. The van der Waals surface area contributed by atoms with Crippen LogP contribution in [0.2, 0.25) is 0 Å².